The summed E-state index contributed by atoms with van der Waals surface area (Å²) in [5.41, 5.74) is 0.646. The van der Waals surface area contributed by atoms with E-state index in [1.165, 1.54) is 0 Å². The van der Waals surface area contributed by atoms with Crippen LogP contribution in [0.1, 0.15) is 44.8 Å². The quantitative estimate of drug-likeness (QED) is 0.870. The van der Waals surface area contributed by atoms with Gasteiger partial charge in [-0.3, -0.25) is 0 Å². The van der Waals surface area contributed by atoms with E-state index in [0.29, 0.717) is 17.9 Å². The first kappa shape index (κ1) is 14.5. The van der Waals surface area contributed by atoms with Gasteiger partial charge in [0.1, 0.15) is 0 Å². The molecule has 1 fully saturated rings. The molecular formula is C14H21NO3S. The fourth-order valence-corrected chi connectivity index (χ4v) is 3.73. The molecular weight excluding hydrogens is 262 g/mol. The summed E-state index contributed by atoms with van der Waals surface area (Å²) in [5.74, 6) is 0.598. The summed E-state index contributed by atoms with van der Waals surface area (Å²) < 4.78 is 27.1. The average Bonchev–Trinajstić information content (AvgIpc) is 2.36. The molecule has 0 heterocycles. The van der Waals surface area contributed by atoms with E-state index >= 15 is 0 Å². The molecule has 5 heteroatoms. The van der Waals surface area contributed by atoms with Crippen LogP contribution in [0.15, 0.2) is 29.2 Å². The van der Waals surface area contributed by atoms with Crippen molar-refractivity contribution >= 4 is 10.0 Å². The topological polar surface area (TPSA) is 66.4 Å². The molecule has 1 atom stereocenters. The Labute approximate surface area is 114 Å². The van der Waals surface area contributed by atoms with Crippen LogP contribution in [0.25, 0.3) is 0 Å². The van der Waals surface area contributed by atoms with Crippen LogP contribution in [0, 0.1) is 5.92 Å². The van der Waals surface area contributed by atoms with E-state index in [4.69, 9.17) is 0 Å². The smallest absolute Gasteiger partial charge is 0.240 e. The van der Waals surface area contributed by atoms with Crippen LogP contribution in [0.3, 0.4) is 0 Å². The van der Waals surface area contributed by atoms with Gasteiger partial charge in [-0.1, -0.05) is 26.0 Å². The van der Waals surface area contributed by atoms with E-state index < -0.39 is 16.1 Å². The summed E-state index contributed by atoms with van der Waals surface area (Å²) in [6.07, 6.45) is 1.75. The Balaban J connectivity index is 2.16. The molecule has 0 spiro atoms. The zero-order valence-corrected chi connectivity index (χ0v) is 12.2. The molecule has 1 aliphatic rings. The Morgan fingerprint density at radius 1 is 1.42 bits per heavy atom. The van der Waals surface area contributed by atoms with Crippen LogP contribution in [-0.4, -0.2) is 19.6 Å². The molecule has 0 saturated heterocycles. The van der Waals surface area contributed by atoms with E-state index in [1.807, 2.05) is 6.92 Å². The Hall–Kier alpha value is -0.910. The third-order valence-corrected chi connectivity index (χ3v) is 5.15. The first-order valence-electron chi connectivity index (χ1n) is 6.72. The largest absolute Gasteiger partial charge is 0.388 e. The number of hydrogen-bond donors (Lipinski definition) is 2. The van der Waals surface area contributed by atoms with E-state index in [0.717, 1.165) is 12.8 Å². The number of hydrogen-bond acceptors (Lipinski definition) is 3. The van der Waals surface area contributed by atoms with Gasteiger partial charge in [-0.05, 0) is 42.9 Å². The molecule has 2 rings (SSSR count). The monoisotopic (exact) mass is 283 g/mol. The van der Waals surface area contributed by atoms with Gasteiger partial charge in [0.2, 0.25) is 10.0 Å². The van der Waals surface area contributed by atoms with Gasteiger partial charge in [-0.15, -0.1) is 0 Å². The second-order valence-electron chi connectivity index (χ2n) is 5.39. The second kappa shape index (κ2) is 5.61. The first-order chi connectivity index (χ1) is 8.92. The molecule has 19 heavy (non-hydrogen) atoms. The maximum atomic E-state index is 12.2. The Kier molecular flexibility index (Phi) is 4.28. The van der Waals surface area contributed by atoms with Crippen molar-refractivity contribution < 1.29 is 13.5 Å². The molecule has 1 aliphatic carbocycles. The molecule has 1 aromatic carbocycles. The third kappa shape index (κ3) is 3.35. The molecule has 106 valence electrons. The number of nitrogens with one attached hydrogen (secondary N) is 1. The van der Waals surface area contributed by atoms with Gasteiger partial charge >= 0.3 is 0 Å². The highest BCUT2D eigenvalue weighted by molar-refractivity contribution is 7.89. The molecule has 1 aromatic rings. The minimum Gasteiger partial charge on any atom is -0.388 e. The van der Waals surface area contributed by atoms with Crippen molar-refractivity contribution in [2.24, 2.45) is 5.92 Å². The predicted octanol–water partition coefficient (Wildman–Crippen LogP) is 2.21. The standard InChI is InChI=1S/C14H21NO3S/c1-3-14(16)11-5-4-6-13(9-11)19(17,18)15-12-7-10(2)8-12/h4-6,9-10,12,14-16H,3,7-8H2,1-2H3. The van der Waals surface area contributed by atoms with Crippen molar-refractivity contribution in [3.05, 3.63) is 29.8 Å². The van der Waals surface area contributed by atoms with Crippen molar-refractivity contribution in [2.75, 3.05) is 0 Å². The average molecular weight is 283 g/mol. The highest BCUT2D eigenvalue weighted by Crippen LogP contribution is 2.28. The number of benzene rings is 1. The molecule has 1 unspecified atom stereocenters. The first-order valence-corrected chi connectivity index (χ1v) is 8.21. The predicted molar refractivity (Wildman–Crippen MR) is 74.2 cm³/mol. The van der Waals surface area contributed by atoms with E-state index in [9.17, 15) is 13.5 Å². The van der Waals surface area contributed by atoms with Gasteiger partial charge < -0.3 is 5.11 Å². The van der Waals surface area contributed by atoms with Crippen molar-refractivity contribution in [2.45, 2.75) is 50.2 Å². The molecule has 1 saturated carbocycles. The normalized spacial score (nSPS) is 24.8. The van der Waals surface area contributed by atoms with Crippen molar-refractivity contribution in [3.63, 3.8) is 0 Å². The van der Waals surface area contributed by atoms with Gasteiger partial charge in [0, 0.05) is 6.04 Å². The van der Waals surface area contributed by atoms with Crippen LogP contribution in [0.2, 0.25) is 0 Å². The van der Waals surface area contributed by atoms with Crippen LogP contribution in [-0.2, 0) is 10.0 Å². The van der Waals surface area contributed by atoms with Gasteiger partial charge in [-0.25, -0.2) is 13.1 Å². The molecule has 0 aromatic heterocycles. The third-order valence-electron chi connectivity index (χ3n) is 3.64. The van der Waals surface area contributed by atoms with Crippen LogP contribution in [0.5, 0.6) is 0 Å². The molecule has 0 aliphatic heterocycles. The summed E-state index contributed by atoms with van der Waals surface area (Å²) in [6.45, 7) is 3.98. The molecule has 0 amide bonds. The van der Waals surface area contributed by atoms with E-state index in [-0.39, 0.29) is 10.9 Å². The van der Waals surface area contributed by atoms with Crippen molar-refractivity contribution in [1.82, 2.24) is 4.72 Å². The van der Waals surface area contributed by atoms with Crippen LogP contribution < -0.4 is 4.72 Å². The lowest BCUT2D eigenvalue weighted by Gasteiger charge is -2.32. The summed E-state index contributed by atoms with van der Waals surface area (Å²) in [6, 6.07) is 6.60. The fourth-order valence-electron chi connectivity index (χ4n) is 2.41. The van der Waals surface area contributed by atoms with Crippen molar-refractivity contribution in [1.29, 1.82) is 0 Å². The number of aliphatic hydroxyl groups excluding tert-OH is 1. The summed E-state index contributed by atoms with van der Waals surface area (Å²) in [7, 11) is -3.47. The highest BCUT2D eigenvalue weighted by atomic mass is 32.2. The van der Waals surface area contributed by atoms with Crippen LogP contribution in [0.4, 0.5) is 0 Å². The maximum absolute atomic E-state index is 12.2. The van der Waals surface area contributed by atoms with Gasteiger partial charge in [0.25, 0.3) is 0 Å². The SMILES string of the molecule is CCC(O)c1cccc(S(=O)(=O)NC2CC(C)C2)c1. The highest BCUT2D eigenvalue weighted by Gasteiger charge is 2.29. The zero-order chi connectivity index (χ0) is 14.0. The summed E-state index contributed by atoms with van der Waals surface area (Å²) in [4.78, 5) is 0.233. The summed E-state index contributed by atoms with van der Waals surface area (Å²) >= 11 is 0. The Morgan fingerprint density at radius 3 is 2.68 bits per heavy atom. The van der Waals surface area contributed by atoms with Gasteiger partial charge in [0.15, 0.2) is 0 Å². The van der Waals surface area contributed by atoms with Gasteiger partial charge in [0.05, 0.1) is 11.0 Å². The minimum atomic E-state index is -3.47. The lowest BCUT2D eigenvalue weighted by atomic mass is 9.83. The van der Waals surface area contributed by atoms with Gasteiger partial charge in [-0.2, -0.15) is 0 Å². The lowest BCUT2D eigenvalue weighted by Crippen LogP contribution is -2.43. The van der Waals surface area contributed by atoms with Crippen LogP contribution >= 0.6 is 0 Å². The molecule has 0 radical (unpaired) electrons. The van der Waals surface area contributed by atoms with Crippen molar-refractivity contribution in [3.8, 4) is 0 Å². The number of sulfonamides is 1. The Bertz CT molecular complexity index is 535. The van der Waals surface area contributed by atoms with E-state index in [2.05, 4.69) is 11.6 Å². The number of aliphatic hydroxyl groups is 1. The second-order valence-corrected chi connectivity index (χ2v) is 7.11. The maximum Gasteiger partial charge on any atom is 0.240 e. The fraction of sp³-hybridized carbons (Fsp3) is 0.571. The molecule has 4 nitrogen and oxygen atoms in total. The number of rotatable bonds is 5. The zero-order valence-electron chi connectivity index (χ0n) is 11.3. The molecule has 0 bridgehead atoms. The Morgan fingerprint density at radius 2 is 2.11 bits per heavy atom. The van der Waals surface area contributed by atoms with E-state index in [1.54, 1.807) is 24.3 Å². The summed E-state index contributed by atoms with van der Waals surface area (Å²) in [5, 5.41) is 9.78. The lowest BCUT2D eigenvalue weighted by molar-refractivity contribution is 0.173. The minimum absolute atomic E-state index is 0.0553. The molecule has 2 N–H and O–H groups in total.